The van der Waals surface area contributed by atoms with E-state index in [9.17, 15) is 4.79 Å². The number of ether oxygens (including phenoxy) is 1. The molecule has 1 unspecified atom stereocenters. The summed E-state index contributed by atoms with van der Waals surface area (Å²) in [6, 6.07) is 8.11. The lowest BCUT2D eigenvalue weighted by Crippen LogP contribution is -2.36. The van der Waals surface area contributed by atoms with E-state index in [-0.39, 0.29) is 0 Å². The van der Waals surface area contributed by atoms with Crippen molar-refractivity contribution in [3.8, 4) is 0 Å². The van der Waals surface area contributed by atoms with Crippen LogP contribution in [-0.4, -0.2) is 42.6 Å². The molecule has 4 nitrogen and oxygen atoms in total. The maximum absolute atomic E-state index is 12.6. The number of fused-ring (bicyclic) bond motifs is 5. The summed E-state index contributed by atoms with van der Waals surface area (Å²) in [6.07, 6.45) is 3.62. The molecule has 1 aromatic heterocycles. The van der Waals surface area contributed by atoms with Gasteiger partial charge in [0.15, 0.2) is 0 Å². The Kier molecular flexibility index (Phi) is 3.55. The van der Waals surface area contributed by atoms with Gasteiger partial charge in [0.2, 0.25) is 0 Å². The highest BCUT2D eigenvalue weighted by atomic mass is 16.5. The first kappa shape index (κ1) is 13.6. The zero-order valence-electron chi connectivity index (χ0n) is 14.6. The van der Waals surface area contributed by atoms with Gasteiger partial charge in [-0.1, -0.05) is 18.2 Å². The van der Waals surface area contributed by atoms with Gasteiger partial charge in [-0.15, -0.1) is 0 Å². The second kappa shape index (κ2) is 6.00. The molecule has 122 valence electrons. The number of H-pyrrole nitrogens is 1. The lowest BCUT2D eigenvalue weighted by Gasteiger charge is -2.32. The molecule has 0 radical (unpaired) electrons. The number of rotatable bonds is 1. The molecule has 2 aliphatic rings. The quantitative estimate of drug-likeness (QED) is 0.823. The van der Waals surface area contributed by atoms with Crippen LogP contribution in [0.25, 0.3) is 10.9 Å². The van der Waals surface area contributed by atoms with Crippen LogP contribution in [0.5, 0.6) is 0 Å². The van der Waals surface area contributed by atoms with Gasteiger partial charge in [-0.05, 0) is 49.8 Å². The van der Waals surface area contributed by atoms with Gasteiger partial charge in [0.25, 0.3) is 0 Å². The van der Waals surface area contributed by atoms with Gasteiger partial charge >= 0.3 is 5.97 Å². The lowest BCUT2D eigenvalue weighted by atomic mass is 9.86. The number of esters is 1. The molecule has 2 bridgehead atoms. The second-order valence-corrected chi connectivity index (χ2v) is 6.76. The number of nitrogens with zero attached hydrogens (tertiary/aromatic N) is 1. The molecule has 1 aromatic carbocycles. The van der Waals surface area contributed by atoms with Crippen molar-refractivity contribution < 1.29 is 10.9 Å². The van der Waals surface area contributed by atoms with E-state index in [0.717, 1.165) is 61.1 Å². The van der Waals surface area contributed by atoms with Gasteiger partial charge in [0, 0.05) is 31.1 Å². The molecular weight excluding hydrogens is 288 g/mol. The fourth-order valence-electron chi connectivity index (χ4n) is 4.21. The molecule has 0 spiro atoms. The van der Waals surface area contributed by atoms with E-state index < -0.39 is 11.9 Å². The van der Waals surface area contributed by atoms with Crippen molar-refractivity contribution in [2.45, 2.75) is 31.6 Å². The highest BCUT2D eigenvalue weighted by molar-refractivity contribution is 5.88. The largest absolute Gasteiger partial charge is 0.469 e. The summed E-state index contributed by atoms with van der Waals surface area (Å²) in [6.45, 7) is 3.10. The SMILES string of the molecule is [2H][C@]1(C(=O)OC)C[C@@H]2CCCN(CCc3c1[nH]c1ccccc31)C2. The van der Waals surface area contributed by atoms with E-state index in [1.165, 1.54) is 7.11 Å². The van der Waals surface area contributed by atoms with Gasteiger partial charge in [-0.3, -0.25) is 4.79 Å². The van der Waals surface area contributed by atoms with E-state index in [1.54, 1.807) is 0 Å². The Bertz CT molecular complexity index is 772. The van der Waals surface area contributed by atoms with Crippen LogP contribution >= 0.6 is 0 Å². The molecule has 1 N–H and O–H groups in total. The summed E-state index contributed by atoms with van der Waals surface area (Å²) in [4.78, 5) is 18.5. The van der Waals surface area contributed by atoms with Crippen molar-refractivity contribution in [3.05, 3.63) is 35.5 Å². The second-order valence-electron chi connectivity index (χ2n) is 6.76. The molecule has 2 aliphatic heterocycles. The molecule has 0 aliphatic carbocycles. The highest BCUT2D eigenvalue weighted by Crippen LogP contribution is 2.36. The van der Waals surface area contributed by atoms with Crippen molar-refractivity contribution in [1.82, 2.24) is 9.88 Å². The van der Waals surface area contributed by atoms with Crippen LogP contribution in [-0.2, 0) is 16.0 Å². The monoisotopic (exact) mass is 313 g/mol. The predicted octanol–water partition coefficient (Wildman–Crippen LogP) is 3.08. The van der Waals surface area contributed by atoms with Gasteiger partial charge < -0.3 is 14.6 Å². The number of hydrogen-bond donors (Lipinski definition) is 1. The molecule has 3 heterocycles. The zero-order valence-corrected chi connectivity index (χ0v) is 13.6. The normalized spacial score (nSPS) is 31.4. The maximum atomic E-state index is 12.6. The van der Waals surface area contributed by atoms with Crippen LogP contribution < -0.4 is 0 Å². The molecule has 0 saturated carbocycles. The number of benzene rings is 1. The third-order valence-electron chi connectivity index (χ3n) is 5.32. The third kappa shape index (κ3) is 2.65. The summed E-state index contributed by atoms with van der Waals surface area (Å²) >= 11 is 0. The van der Waals surface area contributed by atoms with Crippen molar-refractivity contribution in [3.63, 3.8) is 0 Å². The van der Waals surface area contributed by atoms with Crippen LogP contribution in [0.1, 0.15) is 37.8 Å². The lowest BCUT2D eigenvalue weighted by molar-refractivity contribution is -0.143. The first-order valence-electron chi connectivity index (χ1n) is 9.02. The van der Waals surface area contributed by atoms with Crippen LogP contribution in [0, 0.1) is 5.92 Å². The van der Waals surface area contributed by atoms with Crippen molar-refractivity contribution >= 4 is 16.9 Å². The van der Waals surface area contributed by atoms with Crippen molar-refractivity contribution in [2.24, 2.45) is 5.92 Å². The Morgan fingerprint density at radius 3 is 3.13 bits per heavy atom. The number of aromatic amines is 1. The fraction of sp³-hybridized carbons (Fsp3) is 0.526. The van der Waals surface area contributed by atoms with Crippen molar-refractivity contribution in [2.75, 3.05) is 26.7 Å². The molecule has 1 saturated heterocycles. The summed E-state index contributed by atoms with van der Waals surface area (Å²) in [5, 5.41) is 1.13. The number of para-hydroxylation sites is 1. The van der Waals surface area contributed by atoms with Gasteiger partial charge in [0.05, 0.1) is 13.0 Å². The minimum atomic E-state index is -1.35. The Hall–Kier alpha value is -1.81. The van der Waals surface area contributed by atoms with Crippen LogP contribution in [0.2, 0.25) is 0 Å². The predicted molar refractivity (Wildman–Crippen MR) is 90.5 cm³/mol. The third-order valence-corrected chi connectivity index (χ3v) is 5.32. The minimum absolute atomic E-state index is 0.368. The number of nitrogens with one attached hydrogen (secondary N) is 1. The van der Waals surface area contributed by atoms with Crippen LogP contribution in [0.3, 0.4) is 0 Å². The number of aromatic nitrogens is 1. The standard InChI is InChI=1S/C19H24N2O2/c1-23-19(22)16-11-13-5-4-9-21(12-13)10-8-15-14-6-2-3-7-17(14)20-18(15)16/h2-3,6-7,13,16,20H,4-5,8-12H2,1H3/t13-,16-/m0/s1/i16D. The number of piperidine rings is 1. The average molecular weight is 313 g/mol. The first-order valence-corrected chi connectivity index (χ1v) is 8.52. The summed E-state index contributed by atoms with van der Waals surface area (Å²) in [5.41, 5.74) is 2.85. The molecular formula is C19H24N2O2. The summed E-state index contributed by atoms with van der Waals surface area (Å²) in [7, 11) is 1.39. The van der Waals surface area contributed by atoms with Crippen LogP contribution in [0.4, 0.5) is 0 Å². The summed E-state index contributed by atoms with van der Waals surface area (Å²) < 4.78 is 14.1. The topological polar surface area (TPSA) is 45.3 Å². The van der Waals surface area contributed by atoms with Gasteiger partial charge in [-0.2, -0.15) is 0 Å². The maximum Gasteiger partial charge on any atom is 0.314 e. The molecule has 1 fully saturated rings. The van der Waals surface area contributed by atoms with E-state index in [2.05, 4.69) is 16.0 Å². The number of methoxy groups -OCH3 is 1. The van der Waals surface area contributed by atoms with Gasteiger partial charge in [0.1, 0.15) is 0 Å². The molecule has 3 atom stereocenters. The average Bonchev–Trinajstić information content (AvgIpc) is 2.99. The molecule has 4 heteroatoms. The van der Waals surface area contributed by atoms with E-state index >= 15 is 0 Å². The Labute approximate surface area is 138 Å². The van der Waals surface area contributed by atoms with E-state index in [4.69, 9.17) is 6.11 Å². The van der Waals surface area contributed by atoms with E-state index in [1.807, 2.05) is 18.2 Å². The number of carbonyl (C=O) groups excluding carboxylic acids is 1. The summed E-state index contributed by atoms with van der Waals surface area (Å²) in [5.74, 6) is -1.43. The van der Waals surface area contributed by atoms with E-state index in [0.29, 0.717) is 12.3 Å². The Morgan fingerprint density at radius 2 is 2.26 bits per heavy atom. The fourth-order valence-corrected chi connectivity index (χ4v) is 4.21. The highest BCUT2D eigenvalue weighted by Gasteiger charge is 2.33. The smallest absolute Gasteiger partial charge is 0.314 e. The Balaban J connectivity index is 1.90. The van der Waals surface area contributed by atoms with Gasteiger partial charge in [-0.25, -0.2) is 0 Å². The number of hydrogen-bond acceptors (Lipinski definition) is 3. The first-order chi connectivity index (χ1) is 11.6. The van der Waals surface area contributed by atoms with Crippen molar-refractivity contribution in [1.29, 1.82) is 0 Å². The molecule has 2 aromatic rings. The van der Waals surface area contributed by atoms with Crippen LogP contribution in [0.15, 0.2) is 24.3 Å². The minimum Gasteiger partial charge on any atom is -0.469 e. The molecule has 23 heavy (non-hydrogen) atoms. The number of carbonyl (C=O) groups is 1. The molecule has 4 rings (SSSR count). The Morgan fingerprint density at radius 1 is 1.39 bits per heavy atom. The molecule has 0 amide bonds. The zero-order chi connectivity index (χ0) is 16.7.